The fraction of sp³-hybridized carbons (Fsp3) is 0.917. The number of hydrogen-bond donors (Lipinski definition) is 2. The fourth-order valence-electron chi connectivity index (χ4n) is 2.07. The van der Waals surface area contributed by atoms with Crippen LogP contribution in [0.1, 0.15) is 33.6 Å². The quantitative estimate of drug-likeness (QED) is 0.772. The Morgan fingerprint density at radius 1 is 1.50 bits per heavy atom. The third kappa shape index (κ3) is 5.75. The van der Waals surface area contributed by atoms with E-state index in [1.165, 1.54) is 5.75 Å². The molecule has 2 atom stereocenters. The largest absolute Gasteiger partial charge is 0.354 e. The van der Waals surface area contributed by atoms with E-state index in [-0.39, 0.29) is 5.91 Å². The second kappa shape index (κ2) is 7.17. The van der Waals surface area contributed by atoms with Gasteiger partial charge in [0.25, 0.3) is 0 Å². The van der Waals surface area contributed by atoms with E-state index in [4.69, 9.17) is 0 Å². The van der Waals surface area contributed by atoms with Gasteiger partial charge in [-0.05, 0) is 19.3 Å². The highest BCUT2D eigenvalue weighted by Gasteiger charge is 2.17. The number of carbonyl (C=O) groups excluding carboxylic acids is 1. The van der Waals surface area contributed by atoms with Crippen LogP contribution in [0.4, 0.5) is 0 Å². The molecule has 0 bridgehead atoms. The summed E-state index contributed by atoms with van der Waals surface area (Å²) in [5.41, 5.74) is 0. The van der Waals surface area contributed by atoms with E-state index >= 15 is 0 Å². The summed E-state index contributed by atoms with van der Waals surface area (Å²) in [4.78, 5) is 11.7. The third-order valence-electron chi connectivity index (χ3n) is 2.66. The minimum atomic E-state index is 0.188. The lowest BCUT2D eigenvalue weighted by molar-refractivity contribution is -0.122. The molecular weight excluding hydrogens is 220 g/mol. The van der Waals surface area contributed by atoms with Crippen molar-refractivity contribution in [3.63, 3.8) is 0 Å². The molecule has 3 nitrogen and oxygen atoms in total. The SMILES string of the molecule is CC(C)CC(C)NC(=O)CC1CSCCN1. The summed E-state index contributed by atoms with van der Waals surface area (Å²) in [6.45, 7) is 7.48. The van der Waals surface area contributed by atoms with Gasteiger partial charge in [0.1, 0.15) is 0 Å². The van der Waals surface area contributed by atoms with Gasteiger partial charge >= 0.3 is 0 Å². The predicted octanol–water partition coefficient (Wildman–Crippen LogP) is 1.63. The Morgan fingerprint density at radius 2 is 2.25 bits per heavy atom. The highest BCUT2D eigenvalue weighted by Crippen LogP contribution is 2.10. The van der Waals surface area contributed by atoms with E-state index in [2.05, 4.69) is 31.4 Å². The molecule has 0 spiro atoms. The second-order valence-electron chi connectivity index (χ2n) is 5.03. The maximum Gasteiger partial charge on any atom is 0.221 e. The number of thioether (sulfide) groups is 1. The number of rotatable bonds is 5. The van der Waals surface area contributed by atoms with Crippen LogP contribution in [0.5, 0.6) is 0 Å². The Morgan fingerprint density at radius 3 is 2.81 bits per heavy atom. The average Bonchev–Trinajstić information content (AvgIpc) is 2.17. The van der Waals surface area contributed by atoms with Crippen molar-refractivity contribution in [1.29, 1.82) is 0 Å². The zero-order valence-corrected chi connectivity index (χ0v) is 11.4. The minimum Gasteiger partial charge on any atom is -0.354 e. The Kier molecular flexibility index (Phi) is 6.21. The molecule has 0 saturated carbocycles. The maximum absolute atomic E-state index is 11.7. The summed E-state index contributed by atoms with van der Waals surface area (Å²) in [7, 11) is 0. The number of nitrogens with one attached hydrogen (secondary N) is 2. The number of hydrogen-bond acceptors (Lipinski definition) is 3. The van der Waals surface area contributed by atoms with Gasteiger partial charge in [-0.2, -0.15) is 11.8 Å². The van der Waals surface area contributed by atoms with Crippen molar-refractivity contribution in [3.8, 4) is 0 Å². The van der Waals surface area contributed by atoms with Crippen molar-refractivity contribution in [3.05, 3.63) is 0 Å². The van der Waals surface area contributed by atoms with Crippen LogP contribution in [0, 0.1) is 5.92 Å². The molecule has 1 amide bonds. The Labute approximate surface area is 103 Å². The van der Waals surface area contributed by atoms with Gasteiger partial charge in [-0.25, -0.2) is 0 Å². The van der Waals surface area contributed by atoms with Crippen molar-refractivity contribution >= 4 is 17.7 Å². The Hall–Kier alpha value is -0.220. The lowest BCUT2D eigenvalue weighted by atomic mass is 10.0. The molecule has 0 radical (unpaired) electrons. The second-order valence-corrected chi connectivity index (χ2v) is 6.18. The van der Waals surface area contributed by atoms with E-state index in [0.29, 0.717) is 24.4 Å². The third-order valence-corrected chi connectivity index (χ3v) is 3.79. The van der Waals surface area contributed by atoms with Gasteiger partial charge in [0, 0.05) is 36.6 Å². The zero-order valence-electron chi connectivity index (χ0n) is 10.6. The first kappa shape index (κ1) is 13.8. The molecule has 94 valence electrons. The van der Waals surface area contributed by atoms with Crippen molar-refractivity contribution in [2.24, 2.45) is 5.92 Å². The molecule has 16 heavy (non-hydrogen) atoms. The molecule has 0 aromatic rings. The molecule has 0 aromatic carbocycles. The van der Waals surface area contributed by atoms with Crippen LogP contribution in [-0.4, -0.2) is 36.0 Å². The van der Waals surface area contributed by atoms with Crippen molar-refractivity contribution in [2.75, 3.05) is 18.1 Å². The molecule has 0 aromatic heterocycles. The van der Waals surface area contributed by atoms with E-state index in [1.807, 2.05) is 11.8 Å². The highest BCUT2D eigenvalue weighted by molar-refractivity contribution is 7.99. The van der Waals surface area contributed by atoms with Crippen LogP contribution in [0.2, 0.25) is 0 Å². The summed E-state index contributed by atoms with van der Waals surface area (Å²) in [5, 5.41) is 6.45. The van der Waals surface area contributed by atoms with Crippen LogP contribution >= 0.6 is 11.8 Å². The molecular formula is C12H24N2OS. The zero-order chi connectivity index (χ0) is 12.0. The molecule has 2 N–H and O–H groups in total. The summed E-state index contributed by atoms with van der Waals surface area (Å²) in [6.07, 6.45) is 1.67. The lowest BCUT2D eigenvalue weighted by Gasteiger charge is -2.23. The van der Waals surface area contributed by atoms with Crippen LogP contribution in [0.15, 0.2) is 0 Å². The van der Waals surface area contributed by atoms with Gasteiger partial charge in [0.05, 0.1) is 0 Å². The summed E-state index contributed by atoms with van der Waals surface area (Å²) >= 11 is 1.93. The predicted molar refractivity (Wildman–Crippen MR) is 70.8 cm³/mol. The van der Waals surface area contributed by atoms with Crippen molar-refractivity contribution in [1.82, 2.24) is 10.6 Å². The van der Waals surface area contributed by atoms with Crippen molar-refractivity contribution in [2.45, 2.75) is 45.7 Å². The van der Waals surface area contributed by atoms with Gasteiger partial charge in [-0.1, -0.05) is 13.8 Å². The molecule has 1 rings (SSSR count). The van der Waals surface area contributed by atoms with Gasteiger partial charge in [0.15, 0.2) is 0 Å². The number of amides is 1. The molecule has 0 aliphatic carbocycles. The topological polar surface area (TPSA) is 41.1 Å². The van der Waals surface area contributed by atoms with E-state index in [9.17, 15) is 4.79 Å². The van der Waals surface area contributed by atoms with Crippen LogP contribution in [0.3, 0.4) is 0 Å². The number of carbonyl (C=O) groups is 1. The molecule has 1 fully saturated rings. The van der Waals surface area contributed by atoms with Gasteiger partial charge in [-0.15, -0.1) is 0 Å². The summed E-state index contributed by atoms with van der Waals surface area (Å²) in [6, 6.07) is 0.661. The first-order valence-electron chi connectivity index (χ1n) is 6.18. The van der Waals surface area contributed by atoms with Gasteiger partial charge in [-0.3, -0.25) is 4.79 Å². The highest BCUT2D eigenvalue weighted by atomic mass is 32.2. The van der Waals surface area contributed by atoms with Crippen LogP contribution < -0.4 is 10.6 Å². The molecule has 1 saturated heterocycles. The van der Waals surface area contributed by atoms with Crippen LogP contribution in [0.25, 0.3) is 0 Å². The first-order valence-corrected chi connectivity index (χ1v) is 7.34. The van der Waals surface area contributed by atoms with Crippen LogP contribution in [-0.2, 0) is 4.79 Å². The Balaban J connectivity index is 2.18. The Bertz CT molecular complexity index is 215. The lowest BCUT2D eigenvalue weighted by Crippen LogP contribution is -2.43. The monoisotopic (exact) mass is 244 g/mol. The summed E-state index contributed by atoms with van der Waals surface area (Å²) < 4.78 is 0. The normalized spacial score (nSPS) is 23.1. The summed E-state index contributed by atoms with van der Waals surface area (Å²) in [5.74, 6) is 3.06. The van der Waals surface area contributed by atoms with Gasteiger partial charge in [0.2, 0.25) is 5.91 Å². The molecule has 2 unspecified atom stereocenters. The minimum absolute atomic E-state index is 0.188. The fourth-order valence-corrected chi connectivity index (χ4v) is 3.02. The average molecular weight is 244 g/mol. The van der Waals surface area contributed by atoms with E-state index in [0.717, 1.165) is 18.7 Å². The standard InChI is InChI=1S/C12H24N2OS/c1-9(2)6-10(3)14-12(15)7-11-8-16-5-4-13-11/h9-11,13H,4-8H2,1-3H3,(H,14,15). The first-order chi connectivity index (χ1) is 7.58. The molecule has 1 heterocycles. The van der Waals surface area contributed by atoms with E-state index in [1.54, 1.807) is 0 Å². The smallest absolute Gasteiger partial charge is 0.221 e. The molecule has 4 heteroatoms. The van der Waals surface area contributed by atoms with Gasteiger partial charge < -0.3 is 10.6 Å². The molecule has 1 aliphatic heterocycles. The molecule has 1 aliphatic rings. The van der Waals surface area contributed by atoms with Crippen molar-refractivity contribution < 1.29 is 4.79 Å². The van der Waals surface area contributed by atoms with E-state index < -0.39 is 0 Å². The maximum atomic E-state index is 11.7.